The fourth-order valence-electron chi connectivity index (χ4n) is 5.08. The number of phenols is 2. The normalized spacial score (nSPS) is 33.5. The molecule has 15 nitrogen and oxygen atoms in total. The highest BCUT2D eigenvalue weighted by molar-refractivity contribution is 5.89. The second-order valence-electron chi connectivity index (χ2n) is 10.1. The number of rotatable bonds is 6. The second-order valence-corrected chi connectivity index (χ2v) is 10.1. The fourth-order valence-corrected chi connectivity index (χ4v) is 5.08. The summed E-state index contributed by atoms with van der Waals surface area (Å²) in [4.78, 5) is 13.1. The fraction of sp³-hybridized carbons (Fsp3) is 0.444. The molecule has 228 valence electrons. The van der Waals surface area contributed by atoms with Crippen molar-refractivity contribution in [3.05, 3.63) is 52.2 Å². The summed E-state index contributed by atoms with van der Waals surface area (Å²) in [6.07, 6.45) is -15.7. The third-order valence-electron chi connectivity index (χ3n) is 7.41. The van der Waals surface area contributed by atoms with Crippen molar-refractivity contribution in [2.45, 2.75) is 61.2 Å². The average molecular weight is 595 g/mol. The molecule has 0 aliphatic carbocycles. The zero-order valence-corrected chi connectivity index (χ0v) is 21.7. The summed E-state index contributed by atoms with van der Waals surface area (Å²) in [7, 11) is 0. The Kier molecular flexibility index (Phi) is 8.41. The predicted molar refractivity (Wildman–Crippen MR) is 138 cm³/mol. The minimum absolute atomic E-state index is 0.0669. The molecule has 10 atom stereocenters. The largest absolute Gasteiger partial charge is 0.507 e. The van der Waals surface area contributed by atoms with E-state index < -0.39 is 91.4 Å². The first-order valence-corrected chi connectivity index (χ1v) is 12.9. The molecule has 2 saturated heterocycles. The quantitative estimate of drug-likeness (QED) is 0.142. The maximum atomic E-state index is 13.1. The van der Waals surface area contributed by atoms with E-state index in [9.17, 15) is 55.9 Å². The Bertz CT molecular complexity index is 1470. The summed E-state index contributed by atoms with van der Waals surface area (Å²) in [5.41, 5.74) is -1.16. The van der Waals surface area contributed by atoms with Crippen LogP contribution in [0.4, 0.5) is 0 Å². The van der Waals surface area contributed by atoms with E-state index in [-0.39, 0.29) is 33.6 Å². The Hall–Kier alpha value is -3.35. The van der Waals surface area contributed by atoms with E-state index in [2.05, 4.69) is 0 Å². The molecule has 2 fully saturated rings. The minimum Gasteiger partial charge on any atom is -0.507 e. The van der Waals surface area contributed by atoms with Gasteiger partial charge in [-0.2, -0.15) is 0 Å². The lowest BCUT2D eigenvalue weighted by Gasteiger charge is -2.40. The lowest BCUT2D eigenvalue weighted by Crippen LogP contribution is -2.60. The van der Waals surface area contributed by atoms with E-state index in [1.54, 1.807) is 0 Å². The molecule has 42 heavy (non-hydrogen) atoms. The molecule has 15 heteroatoms. The Balaban J connectivity index is 1.50. The predicted octanol–water partition coefficient (Wildman–Crippen LogP) is -2.44. The number of aliphatic hydroxyl groups is 8. The van der Waals surface area contributed by atoms with Gasteiger partial charge in [-0.1, -0.05) is 0 Å². The van der Waals surface area contributed by atoms with Gasteiger partial charge in [-0.05, 0) is 24.3 Å². The van der Waals surface area contributed by atoms with Crippen LogP contribution < -0.4 is 10.2 Å². The van der Waals surface area contributed by atoms with Crippen LogP contribution in [0.25, 0.3) is 22.3 Å². The summed E-state index contributed by atoms with van der Waals surface area (Å²) in [6, 6.07) is 7.59. The van der Waals surface area contributed by atoms with Crippen molar-refractivity contribution in [2.24, 2.45) is 0 Å². The van der Waals surface area contributed by atoms with Crippen molar-refractivity contribution >= 4 is 11.0 Å². The van der Waals surface area contributed by atoms with Crippen molar-refractivity contribution < 1.29 is 69.7 Å². The van der Waals surface area contributed by atoms with Gasteiger partial charge in [0.1, 0.15) is 83.3 Å². The van der Waals surface area contributed by atoms with Crippen LogP contribution in [0.2, 0.25) is 0 Å². The lowest BCUT2D eigenvalue weighted by molar-refractivity contribution is -0.277. The zero-order chi connectivity index (χ0) is 30.5. The van der Waals surface area contributed by atoms with E-state index in [1.807, 2.05) is 0 Å². The maximum Gasteiger partial charge on any atom is 0.229 e. The molecule has 0 saturated carbocycles. The number of aromatic hydroxyl groups is 2. The molecule has 0 bridgehead atoms. The lowest BCUT2D eigenvalue weighted by atomic mass is 9.89. The summed E-state index contributed by atoms with van der Waals surface area (Å²) in [5, 5.41) is 101. The highest BCUT2D eigenvalue weighted by Gasteiger charge is 2.46. The Morgan fingerprint density at radius 3 is 1.93 bits per heavy atom. The smallest absolute Gasteiger partial charge is 0.229 e. The summed E-state index contributed by atoms with van der Waals surface area (Å²) >= 11 is 0. The monoisotopic (exact) mass is 594 g/mol. The van der Waals surface area contributed by atoms with Gasteiger partial charge in [0.05, 0.1) is 18.8 Å². The second kappa shape index (κ2) is 11.7. The van der Waals surface area contributed by atoms with Gasteiger partial charge in [0.15, 0.2) is 11.0 Å². The Morgan fingerprint density at radius 2 is 1.31 bits per heavy atom. The topological polar surface area (TPSA) is 260 Å². The third kappa shape index (κ3) is 5.20. The molecule has 1 aromatic heterocycles. The van der Waals surface area contributed by atoms with E-state index in [0.29, 0.717) is 0 Å². The zero-order valence-electron chi connectivity index (χ0n) is 21.7. The van der Waals surface area contributed by atoms with Crippen LogP contribution in [0.3, 0.4) is 0 Å². The molecule has 3 aromatic rings. The molecule has 0 radical (unpaired) electrons. The van der Waals surface area contributed by atoms with Crippen LogP contribution in [0, 0.1) is 0 Å². The summed E-state index contributed by atoms with van der Waals surface area (Å²) in [6.45, 7) is -1.38. The van der Waals surface area contributed by atoms with Crippen LogP contribution >= 0.6 is 0 Å². The molecule has 2 aromatic carbocycles. The van der Waals surface area contributed by atoms with Crippen LogP contribution in [0.15, 0.2) is 45.6 Å². The van der Waals surface area contributed by atoms with Crippen LogP contribution in [0.1, 0.15) is 11.7 Å². The van der Waals surface area contributed by atoms with Gasteiger partial charge in [-0.15, -0.1) is 0 Å². The molecule has 0 amide bonds. The molecule has 5 rings (SSSR count). The number of hydrogen-bond donors (Lipinski definition) is 10. The van der Waals surface area contributed by atoms with E-state index >= 15 is 0 Å². The minimum atomic E-state index is -1.82. The van der Waals surface area contributed by atoms with Gasteiger partial charge < -0.3 is 69.7 Å². The highest BCUT2D eigenvalue weighted by atomic mass is 16.7. The van der Waals surface area contributed by atoms with Crippen molar-refractivity contribution in [3.63, 3.8) is 0 Å². The van der Waals surface area contributed by atoms with Gasteiger partial charge in [-0.25, -0.2) is 0 Å². The molecular weight excluding hydrogens is 564 g/mol. The maximum absolute atomic E-state index is 13.1. The van der Waals surface area contributed by atoms with Crippen LogP contribution in [-0.4, -0.2) is 119 Å². The van der Waals surface area contributed by atoms with Gasteiger partial charge in [-0.3, -0.25) is 4.79 Å². The first kappa shape index (κ1) is 30.1. The Labute approximate surface area is 236 Å². The number of hydrogen-bond acceptors (Lipinski definition) is 15. The van der Waals surface area contributed by atoms with Gasteiger partial charge >= 0.3 is 0 Å². The molecule has 0 spiro atoms. The van der Waals surface area contributed by atoms with E-state index in [4.69, 9.17) is 18.6 Å². The number of benzene rings is 2. The molecule has 3 heterocycles. The van der Waals surface area contributed by atoms with Crippen molar-refractivity contribution in [3.8, 4) is 28.6 Å². The molecule has 10 N–H and O–H groups in total. The van der Waals surface area contributed by atoms with E-state index in [0.717, 1.165) is 12.1 Å². The average Bonchev–Trinajstić information content (AvgIpc) is 2.97. The molecule has 2 aliphatic heterocycles. The molecular formula is C27H30O15. The highest BCUT2D eigenvalue weighted by Crippen LogP contribution is 2.43. The Morgan fingerprint density at radius 1 is 0.714 bits per heavy atom. The molecule has 2 aliphatic rings. The standard InChI is InChI=1S/C27H30O15/c28-7-15-19(33)21(35)23(37)26(41-15)18-12(31)5-11(30)17-13(32)6-14(40-25(17)18)9-1-3-10(4-2-9)39-27-24(38)22(36)20(34)16(8-29)42-27/h1-6,15-16,19-24,26-31,33-38H,7-8H2/t15-,16-,19-,20-,21+,22+,23-,24-,26+,27-/m0/s1. The van der Waals surface area contributed by atoms with Crippen LogP contribution in [0.5, 0.6) is 17.2 Å². The summed E-state index contributed by atoms with van der Waals surface area (Å²) in [5.74, 6) is -1.24. The number of fused-ring (bicyclic) bond motifs is 1. The van der Waals surface area contributed by atoms with Crippen molar-refractivity contribution in [1.82, 2.24) is 0 Å². The van der Waals surface area contributed by atoms with Gasteiger partial charge in [0, 0.05) is 17.7 Å². The van der Waals surface area contributed by atoms with Gasteiger partial charge in [0.2, 0.25) is 6.29 Å². The first-order valence-electron chi connectivity index (χ1n) is 12.9. The van der Waals surface area contributed by atoms with Crippen molar-refractivity contribution in [1.29, 1.82) is 0 Å². The first-order chi connectivity index (χ1) is 20.0. The van der Waals surface area contributed by atoms with Crippen LogP contribution in [-0.2, 0) is 9.47 Å². The number of phenolic OH excluding ortho intramolecular Hbond substituents is 2. The van der Waals surface area contributed by atoms with Crippen molar-refractivity contribution in [2.75, 3.05) is 13.2 Å². The van der Waals surface area contributed by atoms with Gasteiger partial charge in [0.25, 0.3) is 0 Å². The third-order valence-corrected chi connectivity index (χ3v) is 7.41. The van der Waals surface area contributed by atoms with E-state index in [1.165, 1.54) is 24.3 Å². The molecule has 0 unspecified atom stereocenters. The SMILES string of the molecule is O=c1cc(-c2ccc(O[C@H]3O[C@@H](CO)[C@H](O)[C@@H](O)[C@@H]3O)cc2)oc2c([C@H]3O[C@@H](CO)[C@H](O)[C@@H](O)[C@@H]3O)c(O)cc(O)c12. The number of ether oxygens (including phenoxy) is 3. The summed E-state index contributed by atoms with van der Waals surface area (Å²) < 4.78 is 22.3. The number of aliphatic hydroxyl groups excluding tert-OH is 8.